The number of aromatic nitrogens is 2. The number of carboxylic acids is 1. The monoisotopic (exact) mass is 898 g/mol. The Morgan fingerprint density at radius 1 is 0.721 bits per heavy atom. The van der Waals surface area contributed by atoms with Gasteiger partial charge in [0.2, 0.25) is 5.91 Å². The number of thiophene rings is 2. The van der Waals surface area contributed by atoms with Crippen LogP contribution in [0.1, 0.15) is 44.3 Å². The second-order valence-corrected chi connectivity index (χ2v) is 15.9. The van der Waals surface area contributed by atoms with Crippen molar-refractivity contribution in [1.29, 1.82) is 0 Å². The summed E-state index contributed by atoms with van der Waals surface area (Å²) in [5.74, 6) is 0.284. The average Bonchev–Trinajstić information content (AvgIpc) is 3.97. The number of ketones is 2. The number of amides is 1. The lowest BCUT2D eigenvalue weighted by Crippen LogP contribution is -2.29. The number of carbonyl (C=O) groups is 4. The topological polar surface area (TPSA) is 148 Å². The van der Waals surface area contributed by atoms with Gasteiger partial charge < -0.3 is 24.8 Å². The second kappa shape index (κ2) is 25.0. The minimum atomic E-state index is -0.950. The summed E-state index contributed by atoms with van der Waals surface area (Å²) in [6.07, 6.45) is 12.4. The molecule has 6 aromatic rings. The van der Waals surface area contributed by atoms with Crippen molar-refractivity contribution in [3.05, 3.63) is 153 Å². The van der Waals surface area contributed by atoms with Crippen LogP contribution in [0.2, 0.25) is 10.0 Å². The van der Waals surface area contributed by atoms with Gasteiger partial charge in [0.15, 0.2) is 11.6 Å². The van der Waals surface area contributed by atoms with Gasteiger partial charge in [0, 0.05) is 60.3 Å². The van der Waals surface area contributed by atoms with Crippen LogP contribution < -0.4 is 14.8 Å². The van der Waals surface area contributed by atoms with Gasteiger partial charge in [-0.05, 0) is 128 Å². The van der Waals surface area contributed by atoms with Crippen LogP contribution in [0.25, 0.3) is 33.0 Å². The summed E-state index contributed by atoms with van der Waals surface area (Å²) >= 11 is 15.5. The molecule has 0 aliphatic rings. The molecule has 4 aromatic heterocycles. The van der Waals surface area contributed by atoms with Crippen molar-refractivity contribution in [2.24, 2.45) is 0 Å². The number of rotatable bonds is 16. The summed E-state index contributed by atoms with van der Waals surface area (Å²) in [5, 5.41) is 12.3. The molecule has 2 N–H and O–H groups in total. The average molecular weight is 900 g/mol. The fraction of sp³-hybridized carbons (Fsp3) is 0.174. The summed E-state index contributed by atoms with van der Waals surface area (Å²) in [4.78, 5) is 57.9. The Hall–Kier alpha value is -5.96. The summed E-state index contributed by atoms with van der Waals surface area (Å²) in [7, 11) is 3.59. The van der Waals surface area contributed by atoms with E-state index in [0.717, 1.165) is 49.5 Å². The standard InChI is InChI=1S/C23H21ClN2O3S.C15H16ClNO2S.C8H7NO2/c1-16(27)21-8-9-22(30-21)18-6-7-20(19(24)14-18)29-13-12-26(2)23(28)10-5-17-4-3-11-25-15-17;1-10(18)14-5-6-15(20-14)11-3-4-13(12(16)9-11)19-8-7-17-2;10-8(11)4-3-7-2-1-5-9-6-7/h3-11,14-15H,12-13H2,1-2H3;3-6,9,17H,7-8H2,1-2H3;1-6H,(H,10,11)/b10-5+;;4-3+. The number of likely N-dealkylation sites (N-methyl/N-ethyl adjacent to an activating group) is 2. The number of carboxylic acid groups (broad SMARTS) is 1. The van der Waals surface area contributed by atoms with Crippen LogP contribution in [0.15, 0.2) is 122 Å². The number of nitrogens with zero attached hydrogens (tertiary/aromatic N) is 3. The maximum atomic E-state index is 12.2. The highest BCUT2D eigenvalue weighted by Crippen LogP contribution is 2.35. The van der Waals surface area contributed by atoms with Crippen molar-refractivity contribution < 1.29 is 33.8 Å². The fourth-order valence-electron chi connectivity index (χ4n) is 4.98. The van der Waals surface area contributed by atoms with Crippen molar-refractivity contribution in [2.45, 2.75) is 13.8 Å². The first-order chi connectivity index (χ1) is 29.3. The maximum Gasteiger partial charge on any atom is 0.328 e. The molecule has 11 nitrogen and oxygen atoms in total. The van der Waals surface area contributed by atoms with Crippen molar-refractivity contribution in [3.8, 4) is 32.4 Å². The molecule has 0 fully saturated rings. The largest absolute Gasteiger partial charge is 0.491 e. The Labute approximate surface area is 372 Å². The molecule has 0 atom stereocenters. The maximum absolute atomic E-state index is 12.2. The first-order valence-corrected chi connectivity index (χ1v) is 21.1. The predicted octanol–water partition coefficient (Wildman–Crippen LogP) is 10.3. The fourth-order valence-corrected chi connectivity index (χ4v) is 7.25. The highest BCUT2D eigenvalue weighted by Gasteiger charge is 2.12. The Morgan fingerprint density at radius 3 is 1.62 bits per heavy atom. The molecule has 61 heavy (non-hydrogen) atoms. The molecule has 0 spiro atoms. The van der Waals surface area contributed by atoms with Crippen LogP contribution in [0.4, 0.5) is 0 Å². The summed E-state index contributed by atoms with van der Waals surface area (Å²) < 4.78 is 11.3. The second-order valence-electron chi connectivity index (χ2n) is 12.9. The van der Waals surface area contributed by atoms with Crippen molar-refractivity contribution in [1.82, 2.24) is 20.2 Å². The number of halogens is 2. The Balaban J connectivity index is 0.000000226. The third kappa shape index (κ3) is 16.2. The zero-order valence-corrected chi connectivity index (χ0v) is 37.0. The van der Waals surface area contributed by atoms with Crippen LogP contribution in [0, 0.1) is 0 Å². The van der Waals surface area contributed by atoms with E-state index in [9.17, 15) is 19.2 Å². The van der Waals surface area contributed by atoms with E-state index >= 15 is 0 Å². The molecule has 0 radical (unpaired) electrons. The van der Waals surface area contributed by atoms with Gasteiger partial charge in [-0.1, -0.05) is 35.3 Å². The van der Waals surface area contributed by atoms with Gasteiger partial charge in [-0.3, -0.25) is 24.4 Å². The van der Waals surface area contributed by atoms with E-state index in [1.54, 1.807) is 74.9 Å². The third-order valence-electron chi connectivity index (χ3n) is 8.21. The van der Waals surface area contributed by atoms with Crippen LogP contribution in [0.3, 0.4) is 0 Å². The van der Waals surface area contributed by atoms with E-state index in [1.807, 2.05) is 73.8 Å². The summed E-state index contributed by atoms with van der Waals surface area (Å²) in [6, 6.07) is 25.9. The van der Waals surface area contributed by atoms with E-state index in [0.29, 0.717) is 46.2 Å². The molecular weight excluding hydrogens is 856 g/mol. The number of Topliss-reactive ketones (excluding diaryl/α,β-unsaturated/α-hetero) is 2. The molecule has 1 amide bonds. The van der Waals surface area contributed by atoms with Crippen molar-refractivity contribution in [2.75, 3.05) is 40.4 Å². The lowest BCUT2D eigenvalue weighted by Gasteiger charge is -2.16. The molecule has 0 aliphatic heterocycles. The number of pyridine rings is 2. The normalized spacial score (nSPS) is 10.7. The Morgan fingerprint density at radius 2 is 1.21 bits per heavy atom. The molecule has 0 bridgehead atoms. The first-order valence-electron chi connectivity index (χ1n) is 18.7. The van der Waals surface area contributed by atoms with Crippen LogP contribution in [-0.2, 0) is 9.59 Å². The van der Waals surface area contributed by atoms with Gasteiger partial charge in [0.05, 0.1) is 26.3 Å². The molecule has 15 heteroatoms. The summed E-state index contributed by atoms with van der Waals surface area (Å²) in [6.45, 7) is 5.20. The molecule has 0 unspecified atom stereocenters. The molecule has 6 rings (SSSR count). The first kappa shape index (κ1) is 47.7. The highest BCUT2D eigenvalue weighted by atomic mass is 35.5. The SMILES string of the molecule is CC(=O)c1ccc(-c2ccc(OCCN(C)C(=O)/C=C/c3cccnc3)c(Cl)c2)s1.CNCCOc1ccc(-c2ccc(C(C)=O)s2)cc1Cl.O=C(O)/C=C/c1cccnc1. The number of aliphatic carboxylic acids is 1. The molecule has 0 aliphatic carbocycles. The zero-order chi connectivity index (χ0) is 44.1. The minimum absolute atomic E-state index is 0.0475. The summed E-state index contributed by atoms with van der Waals surface area (Å²) in [5.41, 5.74) is 3.57. The lowest BCUT2D eigenvalue weighted by molar-refractivity contribution is -0.131. The Bertz CT molecular complexity index is 2440. The van der Waals surface area contributed by atoms with Gasteiger partial charge in [0.1, 0.15) is 24.7 Å². The highest BCUT2D eigenvalue weighted by molar-refractivity contribution is 7.17. The van der Waals surface area contributed by atoms with E-state index in [1.165, 1.54) is 34.8 Å². The molecular formula is C46H44Cl2N4O7S2. The van der Waals surface area contributed by atoms with Crippen molar-refractivity contribution in [3.63, 3.8) is 0 Å². The molecule has 0 saturated heterocycles. The smallest absolute Gasteiger partial charge is 0.328 e. The zero-order valence-electron chi connectivity index (χ0n) is 33.8. The van der Waals surface area contributed by atoms with Gasteiger partial charge in [-0.15, -0.1) is 22.7 Å². The molecule has 2 aromatic carbocycles. The Kier molecular flexibility index (Phi) is 19.5. The number of hydrogen-bond donors (Lipinski definition) is 2. The number of ether oxygens (including phenoxy) is 2. The minimum Gasteiger partial charge on any atom is -0.491 e. The van der Waals surface area contributed by atoms with E-state index < -0.39 is 5.97 Å². The van der Waals surface area contributed by atoms with Crippen molar-refractivity contribution >= 4 is 81.5 Å². The molecule has 0 saturated carbocycles. The van der Waals surface area contributed by atoms with E-state index in [2.05, 4.69) is 15.3 Å². The lowest BCUT2D eigenvalue weighted by atomic mass is 10.2. The number of benzene rings is 2. The molecule has 316 valence electrons. The third-order valence-corrected chi connectivity index (χ3v) is 11.3. The van der Waals surface area contributed by atoms with Gasteiger partial charge in [-0.25, -0.2) is 4.79 Å². The van der Waals surface area contributed by atoms with E-state index in [4.69, 9.17) is 37.8 Å². The number of hydrogen-bond acceptors (Lipinski definition) is 11. The predicted molar refractivity (Wildman–Crippen MR) is 246 cm³/mol. The molecule has 4 heterocycles. The van der Waals surface area contributed by atoms with Crippen LogP contribution in [0.5, 0.6) is 11.5 Å². The van der Waals surface area contributed by atoms with Gasteiger partial charge in [0.25, 0.3) is 0 Å². The van der Waals surface area contributed by atoms with Crippen LogP contribution >= 0.6 is 45.9 Å². The van der Waals surface area contributed by atoms with E-state index in [-0.39, 0.29) is 17.5 Å². The number of nitrogens with one attached hydrogen (secondary N) is 1. The van der Waals surface area contributed by atoms with Gasteiger partial charge >= 0.3 is 5.97 Å². The van der Waals surface area contributed by atoms with Gasteiger partial charge in [-0.2, -0.15) is 0 Å². The van der Waals surface area contributed by atoms with Crippen LogP contribution in [-0.4, -0.2) is 83.8 Å². The quantitative estimate of drug-likeness (QED) is 0.0546. The number of carbonyl (C=O) groups excluding carboxylic acids is 3.